The van der Waals surface area contributed by atoms with E-state index in [-0.39, 0.29) is 0 Å². The molecule has 2 nitrogen and oxygen atoms in total. The third-order valence-electron chi connectivity index (χ3n) is 1.90. The Kier molecular flexibility index (Phi) is 3.89. The average Bonchev–Trinajstić information content (AvgIpc) is 2.20. The summed E-state index contributed by atoms with van der Waals surface area (Å²) in [5.41, 5.74) is 1.10. The summed E-state index contributed by atoms with van der Waals surface area (Å²) < 4.78 is 10.6. The molecule has 0 radical (unpaired) electrons. The topological polar surface area (TPSA) is 18.5 Å². The zero-order valence-corrected chi connectivity index (χ0v) is 9.14. The molecule has 0 saturated heterocycles. The SMILES string of the molecule is C=Cc1ccccc1[SiH](OC)OC. The van der Waals surface area contributed by atoms with Crippen molar-refractivity contribution in [2.75, 3.05) is 14.2 Å². The Morgan fingerprint density at radius 3 is 2.38 bits per heavy atom. The van der Waals surface area contributed by atoms with E-state index in [1.165, 1.54) is 0 Å². The molecule has 3 heteroatoms. The fraction of sp³-hybridized carbons (Fsp3) is 0.200. The van der Waals surface area contributed by atoms with Crippen molar-refractivity contribution < 1.29 is 8.85 Å². The molecule has 1 aromatic carbocycles. The van der Waals surface area contributed by atoms with Crippen molar-refractivity contribution in [2.24, 2.45) is 0 Å². The van der Waals surface area contributed by atoms with Crippen LogP contribution in [0.4, 0.5) is 0 Å². The van der Waals surface area contributed by atoms with Crippen LogP contribution < -0.4 is 5.19 Å². The third kappa shape index (κ3) is 2.27. The molecule has 0 saturated carbocycles. The number of hydrogen-bond acceptors (Lipinski definition) is 2. The number of hydrogen-bond donors (Lipinski definition) is 0. The first-order valence-corrected chi connectivity index (χ1v) is 5.62. The molecular formula is C10H14O2Si. The van der Waals surface area contributed by atoms with E-state index in [1.54, 1.807) is 14.2 Å². The molecule has 0 fully saturated rings. The van der Waals surface area contributed by atoms with Crippen LogP contribution in [0.25, 0.3) is 6.08 Å². The Labute approximate surface area is 80.7 Å². The molecule has 0 heterocycles. The highest BCUT2D eigenvalue weighted by Gasteiger charge is 2.14. The quantitative estimate of drug-likeness (QED) is 0.667. The van der Waals surface area contributed by atoms with Crippen LogP contribution in [0.15, 0.2) is 30.8 Å². The maximum absolute atomic E-state index is 5.30. The summed E-state index contributed by atoms with van der Waals surface area (Å²) in [7, 11) is 1.68. The van der Waals surface area contributed by atoms with Gasteiger partial charge < -0.3 is 8.85 Å². The van der Waals surface area contributed by atoms with Crippen LogP contribution >= 0.6 is 0 Å². The lowest BCUT2D eigenvalue weighted by Crippen LogP contribution is -2.36. The van der Waals surface area contributed by atoms with Gasteiger partial charge >= 0.3 is 9.28 Å². The van der Waals surface area contributed by atoms with Gasteiger partial charge in [-0.3, -0.25) is 0 Å². The fourth-order valence-corrected chi connectivity index (χ4v) is 2.72. The lowest BCUT2D eigenvalue weighted by Gasteiger charge is -2.13. The van der Waals surface area contributed by atoms with Crippen LogP contribution in [-0.4, -0.2) is 23.5 Å². The molecule has 0 unspecified atom stereocenters. The Morgan fingerprint density at radius 1 is 1.23 bits per heavy atom. The summed E-state index contributed by atoms with van der Waals surface area (Å²) in [6.07, 6.45) is 1.83. The van der Waals surface area contributed by atoms with Crippen molar-refractivity contribution in [1.29, 1.82) is 0 Å². The molecule has 0 bridgehead atoms. The predicted octanol–water partition coefficient (Wildman–Crippen LogP) is 1.05. The van der Waals surface area contributed by atoms with E-state index in [0.717, 1.165) is 10.8 Å². The van der Waals surface area contributed by atoms with Gasteiger partial charge in [-0.15, -0.1) is 0 Å². The lowest BCUT2D eigenvalue weighted by atomic mass is 10.2. The lowest BCUT2D eigenvalue weighted by molar-refractivity contribution is 0.292. The van der Waals surface area contributed by atoms with Crippen molar-refractivity contribution >= 4 is 20.5 Å². The highest BCUT2D eigenvalue weighted by Crippen LogP contribution is 2.00. The maximum Gasteiger partial charge on any atom is 0.355 e. The molecule has 0 aliphatic rings. The van der Waals surface area contributed by atoms with Gasteiger partial charge in [0.1, 0.15) is 0 Å². The van der Waals surface area contributed by atoms with E-state index in [4.69, 9.17) is 8.85 Å². The number of benzene rings is 1. The minimum absolute atomic E-state index is 1.10. The van der Waals surface area contributed by atoms with E-state index in [1.807, 2.05) is 30.3 Å². The van der Waals surface area contributed by atoms with Gasteiger partial charge in [0, 0.05) is 14.2 Å². The second-order valence-corrected chi connectivity index (χ2v) is 4.87. The van der Waals surface area contributed by atoms with Crippen LogP contribution in [-0.2, 0) is 8.85 Å². The van der Waals surface area contributed by atoms with E-state index >= 15 is 0 Å². The van der Waals surface area contributed by atoms with E-state index in [0.29, 0.717) is 0 Å². The van der Waals surface area contributed by atoms with E-state index in [2.05, 4.69) is 6.58 Å². The van der Waals surface area contributed by atoms with Gasteiger partial charge in [-0.05, 0) is 10.8 Å². The summed E-state index contributed by atoms with van der Waals surface area (Å²) in [6.45, 7) is 3.75. The Balaban J connectivity index is 3.03. The molecule has 0 aliphatic heterocycles. The van der Waals surface area contributed by atoms with Gasteiger partial charge in [0.05, 0.1) is 0 Å². The maximum atomic E-state index is 5.30. The first-order valence-electron chi connectivity index (χ1n) is 4.10. The van der Waals surface area contributed by atoms with Crippen molar-refractivity contribution in [3.05, 3.63) is 36.4 Å². The predicted molar refractivity (Wildman–Crippen MR) is 57.3 cm³/mol. The highest BCUT2D eigenvalue weighted by atomic mass is 28.3. The normalized spacial score (nSPS) is 10.4. The molecule has 1 rings (SSSR count). The summed E-state index contributed by atoms with van der Waals surface area (Å²) in [5, 5.41) is 1.14. The Hall–Kier alpha value is -0.903. The monoisotopic (exact) mass is 194 g/mol. The molecule has 0 atom stereocenters. The number of rotatable bonds is 4. The van der Waals surface area contributed by atoms with Crippen LogP contribution in [0, 0.1) is 0 Å². The molecule has 0 amide bonds. The van der Waals surface area contributed by atoms with Crippen LogP contribution in [0.2, 0.25) is 0 Å². The second kappa shape index (κ2) is 4.96. The molecule has 13 heavy (non-hydrogen) atoms. The van der Waals surface area contributed by atoms with Crippen LogP contribution in [0.1, 0.15) is 5.56 Å². The van der Waals surface area contributed by atoms with Gasteiger partial charge in [-0.25, -0.2) is 0 Å². The minimum atomic E-state index is -1.68. The molecular weight excluding hydrogens is 180 g/mol. The van der Waals surface area contributed by atoms with Crippen LogP contribution in [0.5, 0.6) is 0 Å². The zero-order chi connectivity index (χ0) is 9.68. The molecule has 1 aromatic rings. The first-order chi connectivity index (χ1) is 6.33. The van der Waals surface area contributed by atoms with Gasteiger partial charge in [0.25, 0.3) is 0 Å². The Morgan fingerprint density at radius 2 is 1.85 bits per heavy atom. The van der Waals surface area contributed by atoms with Gasteiger partial charge in [-0.2, -0.15) is 0 Å². The van der Waals surface area contributed by atoms with E-state index < -0.39 is 9.28 Å². The van der Waals surface area contributed by atoms with Crippen LogP contribution in [0.3, 0.4) is 0 Å². The fourth-order valence-electron chi connectivity index (χ4n) is 1.26. The standard InChI is InChI=1S/C10H14O2Si/c1-4-9-7-5-6-8-10(9)13(11-2)12-3/h4-8,13H,1H2,2-3H3. The average molecular weight is 194 g/mol. The summed E-state index contributed by atoms with van der Waals surface area (Å²) >= 11 is 0. The third-order valence-corrected chi connectivity index (χ3v) is 3.79. The van der Waals surface area contributed by atoms with Gasteiger partial charge in [-0.1, -0.05) is 36.9 Å². The molecule has 70 valence electrons. The first kappa shape index (κ1) is 10.2. The molecule has 0 aromatic heterocycles. The summed E-state index contributed by atoms with van der Waals surface area (Å²) in [5.74, 6) is 0. The zero-order valence-electron chi connectivity index (χ0n) is 7.99. The Bertz CT molecular complexity index is 282. The minimum Gasteiger partial charge on any atom is -0.397 e. The van der Waals surface area contributed by atoms with Gasteiger partial charge in [0.15, 0.2) is 0 Å². The highest BCUT2D eigenvalue weighted by molar-refractivity contribution is 6.62. The summed E-state index contributed by atoms with van der Waals surface area (Å²) in [6, 6.07) is 8.01. The molecule has 0 aliphatic carbocycles. The van der Waals surface area contributed by atoms with Crippen molar-refractivity contribution in [1.82, 2.24) is 0 Å². The van der Waals surface area contributed by atoms with Crippen molar-refractivity contribution in [2.45, 2.75) is 0 Å². The van der Waals surface area contributed by atoms with E-state index in [9.17, 15) is 0 Å². The summed E-state index contributed by atoms with van der Waals surface area (Å²) in [4.78, 5) is 0. The molecule has 0 N–H and O–H groups in total. The largest absolute Gasteiger partial charge is 0.397 e. The van der Waals surface area contributed by atoms with Crippen molar-refractivity contribution in [3.63, 3.8) is 0 Å². The van der Waals surface area contributed by atoms with Gasteiger partial charge in [0.2, 0.25) is 0 Å². The van der Waals surface area contributed by atoms with Crippen molar-refractivity contribution in [3.8, 4) is 0 Å². The second-order valence-electron chi connectivity index (χ2n) is 2.64. The smallest absolute Gasteiger partial charge is 0.355 e. The molecule has 0 spiro atoms.